The van der Waals surface area contributed by atoms with Crippen LogP contribution in [0.3, 0.4) is 0 Å². The molecule has 2 aliphatic heterocycles. The van der Waals surface area contributed by atoms with Gasteiger partial charge in [0.05, 0.1) is 13.2 Å². The van der Waals surface area contributed by atoms with Crippen molar-refractivity contribution in [3.05, 3.63) is 29.3 Å². The van der Waals surface area contributed by atoms with Gasteiger partial charge in [-0.2, -0.15) is 0 Å². The standard InChI is InChI=1S/C17H26N2O/c1-12(2)14-5-4-6-15-16(11-13(3)18-17(14)15)19-7-9-20-10-8-19/h4-6,12-13,16,18H,7-11H2,1-3H3. The summed E-state index contributed by atoms with van der Waals surface area (Å²) in [6, 6.07) is 7.88. The lowest BCUT2D eigenvalue weighted by atomic mass is 9.87. The van der Waals surface area contributed by atoms with E-state index in [9.17, 15) is 0 Å². The average Bonchev–Trinajstić information content (AvgIpc) is 2.46. The Bertz CT molecular complexity index is 466. The minimum atomic E-state index is 0.537. The number of hydrogen-bond acceptors (Lipinski definition) is 3. The van der Waals surface area contributed by atoms with Crippen LogP contribution in [0.25, 0.3) is 0 Å². The minimum Gasteiger partial charge on any atom is -0.382 e. The first-order valence-electron chi connectivity index (χ1n) is 7.88. The van der Waals surface area contributed by atoms with Gasteiger partial charge in [0.25, 0.3) is 0 Å². The third-order valence-electron chi connectivity index (χ3n) is 4.56. The molecule has 0 amide bonds. The van der Waals surface area contributed by atoms with Crippen molar-refractivity contribution in [1.82, 2.24) is 4.90 Å². The molecule has 3 heteroatoms. The first-order valence-corrected chi connectivity index (χ1v) is 7.88. The molecular formula is C17H26N2O. The molecule has 20 heavy (non-hydrogen) atoms. The van der Waals surface area contributed by atoms with Crippen molar-refractivity contribution in [1.29, 1.82) is 0 Å². The summed E-state index contributed by atoms with van der Waals surface area (Å²) >= 11 is 0. The monoisotopic (exact) mass is 274 g/mol. The zero-order chi connectivity index (χ0) is 14.1. The van der Waals surface area contributed by atoms with E-state index in [2.05, 4.69) is 49.2 Å². The Morgan fingerprint density at radius 1 is 1.25 bits per heavy atom. The van der Waals surface area contributed by atoms with Crippen LogP contribution in [0.15, 0.2) is 18.2 Å². The van der Waals surface area contributed by atoms with E-state index < -0.39 is 0 Å². The maximum absolute atomic E-state index is 5.51. The fraction of sp³-hybridized carbons (Fsp3) is 0.647. The molecular weight excluding hydrogens is 248 g/mol. The SMILES string of the molecule is CC1CC(N2CCOCC2)c2cccc(C(C)C)c2N1. The maximum Gasteiger partial charge on any atom is 0.0594 e. The van der Waals surface area contributed by atoms with Crippen LogP contribution >= 0.6 is 0 Å². The molecule has 1 N–H and O–H groups in total. The average molecular weight is 274 g/mol. The summed E-state index contributed by atoms with van der Waals surface area (Å²) in [5.74, 6) is 0.563. The molecule has 110 valence electrons. The highest BCUT2D eigenvalue weighted by Crippen LogP contribution is 2.40. The molecule has 2 heterocycles. The topological polar surface area (TPSA) is 24.5 Å². The second kappa shape index (κ2) is 5.74. The summed E-state index contributed by atoms with van der Waals surface area (Å²) < 4.78 is 5.51. The number of rotatable bonds is 2. The highest BCUT2D eigenvalue weighted by molar-refractivity contribution is 5.62. The lowest BCUT2D eigenvalue weighted by molar-refractivity contribution is 0.0127. The number of nitrogens with one attached hydrogen (secondary N) is 1. The third-order valence-corrected chi connectivity index (χ3v) is 4.56. The second-order valence-corrected chi connectivity index (χ2v) is 6.41. The van der Waals surface area contributed by atoms with Crippen LogP contribution in [0, 0.1) is 0 Å². The normalized spacial score (nSPS) is 27.2. The largest absolute Gasteiger partial charge is 0.382 e. The Hall–Kier alpha value is -1.06. The molecule has 0 aliphatic carbocycles. The van der Waals surface area contributed by atoms with Gasteiger partial charge in [0.15, 0.2) is 0 Å². The smallest absolute Gasteiger partial charge is 0.0594 e. The molecule has 3 nitrogen and oxygen atoms in total. The number of ether oxygens (including phenoxy) is 1. The predicted molar refractivity (Wildman–Crippen MR) is 83.4 cm³/mol. The number of hydrogen-bond donors (Lipinski definition) is 1. The van der Waals surface area contributed by atoms with Gasteiger partial charge in [-0.05, 0) is 30.4 Å². The number of para-hydroxylation sites is 1. The second-order valence-electron chi connectivity index (χ2n) is 6.41. The van der Waals surface area contributed by atoms with E-state index in [4.69, 9.17) is 4.74 Å². The molecule has 2 unspecified atom stereocenters. The van der Waals surface area contributed by atoms with Gasteiger partial charge >= 0.3 is 0 Å². The summed E-state index contributed by atoms with van der Waals surface area (Å²) in [6.45, 7) is 10.7. The molecule has 1 aromatic carbocycles. The fourth-order valence-corrected chi connectivity index (χ4v) is 3.52. The van der Waals surface area contributed by atoms with Gasteiger partial charge in [0.2, 0.25) is 0 Å². The van der Waals surface area contributed by atoms with Crippen molar-refractivity contribution in [2.45, 2.75) is 45.2 Å². The van der Waals surface area contributed by atoms with E-state index >= 15 is 0 Å². The zero-order valence-corrected chi connectivity index (χ0v) is 12.9. The molecule has 0 aromatic heterocycles. The van der Waals surface area contributed by atoms with E-state index in [0.29, 0.717) is 18.0 Å². The summed E-state index contributed by atoms with van der Waals surface area (Å²) in [5.41, 5.74) is 4.32. The van der Waals surface area contributed by atoms with E-state index in [-0.39, 0.29) is 0 Å². The number of fused-ring (bicyclic) bond motifs is 1. The van der Waals surface area contributed by atoms with Gasteiger partial charge in [-0.25, -0.2) is 0 Å². The van der Waals surface area contributed by atoms with Crippen LogP contribution in [-0.2, 0) is 4.74 Å². The van der Waals surface area contributed by atoms with Crippen molar-refractivity contribution in [3.8, 4) is 0 Å². The van der Waals surface area contributed by atoms with Crippen molar-refractivity contribution in [2.24, 2.45) is 0 Å². The summed E-state index contributed by atoms with van der Waals surface area (Å²) in [6.07, 6.45) is 1.19. The molecule has 3 rings (SSSR count). The van der Waals surface area contributed by atoms with E-state index in [0.717, 1.165) is 26.3 Å². The first-order chi connectivity index (χ1) is 9.66. The Balaban J connectivity index is 1.97. The molecule has 0 spiro atoms. The molecule has 0 radical (unpaired) electrons. The lowest BCUT2D eigenvalue weighted by Gasteiger charge is -2.41. The van der Waals surface area contributed by atoms with Crippen molar-refractivity contribution < 1.29 is 4.74 Å². The Labute approximate surface area is 122 Å². The third kappa shape index (κ3) is 2.57. The van der Waals surface area contributed by atoms with Crippen molar-refractivity contribution in [2.75, 3.05) is 31.6 Å². The van der Waals surface area contributed by atoms with E-state index in [1.165, 1.54) is 23.2 Å². The lowest BCUT2D eigenvalue weighted by Crippen LogP contribution is -2.42. The van der Waals surface area contributed by atoms with Gasteiger partial charge in [-0.15, -0.1) is 0 Å². The van der Waals surface area contributed by atoms with E-state index in [1.807, 2.05) is 0 Å². The number of anilines is 1. The highest BCUT2D eigenvalue weighted by atomic mass is 16.5. The quantitative estimate of drug-likeness (QED) is 0.894. The van der Waals surface area contributed by atoms with Crippen molar-refractivity contribution in [3.63, 3.8) is 0 Å². The number of morpholine rings is 1. The molecule has 1 aromatic rings. The van der Waals surface area contributed by atoms with Crippen LogP contribution in [0.5, 0.6) is 0 Å². The number of nitrogens with zero attached hydrogens (tertiary/aromatic N) is 1. The van der Waals surface area contributed by atoms with Crippen molar-refractivity contribution >= 4 is 5.69 Å². The molecule has 1 fully saturated rings. The van der Waals surface area contributed by atoms with E-state index in [1.54, 1.807) is 0 Å². The molecule has 0 bridgehead atoms. The van der Waals surface area contributed by atoms with Gasteiger partial charge < -0.3 is 10.1 Å². The van der Waals surface area contributed by atoms with Crippen LogP contribution in [-0.4, -0.2) is 37.2 Å². The number of benzene rings is 1. The predicted octanol–water partition coefficient (Wildman–Crippen LogP) is 3.39. The Morgan fingerprint density at radius 3 is 2.70 bits per heavy atom. The van der Waals surface area contributed by atoms with Crippen LogP contribution < -0.4 is 5.32 Å². The minimum absolute atomic E-state index is 0.537. The summed E-state index contributed by atoms with van der Waals surface area (Å²) in [4.78, 5) is 2.60. The fourth-order valence-electron chi connectivity index (χ4n) is 3.52. The molecule has 0 saturated carbocycles. The highest BCUT2D eigenvalue weighted by Gasteiger charge is 2.31. The van der Waals surface area contributed by atoms with Gasteiger partial charge in [-0.1, -0.05) is 32.0 Å². The molecule has 2 aliphatic rings. The van der Waals surface area contributed by atoms with Crippen LogP contribution in [0.4, 0.5) is 5.69 Å². The maximum atomic E-state index is 5.51. The Morgan fingerprint density at radius 2 is 2.00 bits per heavy atom. The van der Waals surface area contributed by atoms with Gasteiger partial charge in [-0.3, -0.25) is 4.90 Å². The Kier molecular flexibility index (Phi) is 3.99. The molecule has 2 atom stereocenters. The first kappa shape index (κ1) is 13.9. The van der Waals surface area contributed by atoms with Crippen LogP contribution in [0.2, 0.25) is 0 Å². The van der Waals surface area contributed by atoms with Gasteiger partial charge in [0.1, 0.15) is 0 Å². The summed E-state index contributed by atoms with van der Waals surface area (Å²) in [5, 5.41) is 3.72. The van der Waals surface area contributed by atoms with Crippen LogP contribution in [0.1, 0.15) is 50.3 Å². The summed E-state index contributed by atoms with van der Waals surface area (Å²) in [7, 11) is 0. The van der Waals surface area contributed by atoms with Gasteiger partial charge in [0, 0.05) is 30.9 Å². The molecule has 1 saturated heterocycles. The zero-order valence-electron chi connectivity index (χ0n) is 12.9.